The highest BCUT2D eigenvalue weighted by Crippen LogP contribution is 2.17. The first-order chi connectivity index (χ1) is 7.49. The minimum Gasteiger partial charge on any atom is -0.476 e. The minimum atomic E-state index is -2.40. The maximum Gasteiger partial charge on any atom is 0.378 e. The third-order valence-electron chi connectivity index (χ3n) is 1.61. The summed E-state index contributed by atoms with van der Waals surface area (Å²) in [6.45, 7) is 1.35. The molecule has 2 N–H and O–H groups in total. The second kappa shape index (κ2) is 5.11. The first kappa shape index (κ1) is 12.0. The van der Waals surface area contributed by atoms with Crippen molar-refractivity contribution in [2.75, 3.05) is 5.32 Å². The van der Waals surface area contributed by atoms with Crippen LogP contribution in [-0.2, 0) is 9.59 Å². The van der Waals surface area contributed by atoms with E-state index in [1.54, 1.807) is 0 Å². The Bertz CT molecular complexity index is 390. The van der Waals surface area contributed by atoms with Crippen LogP contribution in [-0.4, -0.2) is 23.3 Å². The molecule has 6 heteroatoms. The van der Waals surface area contributed by atoms with Crippen molar-refractivity contribution in [3.05, 3.63) is 24.3 Å². The summed E-state index contributed by atoms with van der Waals surface area (Å²) in [7, 11) is 0. The molecule has 0 aliphatic rings. The van der Waals surface area contributed by atoms with Gasteiger partial charge >= 0.3 is 12.3 Å². The van der Waals surface area contributed by atoms with Gasteiger partial charge in [-0.25, -0.2) is 4.79 Å². The van der Waals surface area contributed by atoms with Crippen molar-refractivity contribution < 1.29 is 23.8 Å². The molecule has 0 aliphatic heterocycles. The van der Waals surface area contributed by atoms with Crippen LogP contribution in [0.3, 0.4) is 0 Å². The van der Waals surface area contributed by atoms with E-state index in [1.807, 2.05) is 0 Å². The fourth-order valence-electron chi connectivity index (χ4n) is 0.990. The number of carbonyl (C=O) groups is 2. The van der Waals surface area contributed by atoms with Gasteiger partial charge in [0.1, 0.15) is 5.75 Å². The summed E-state index contributed by atoms with van der Waals surface area (Å²) in [5.41, 5.74) is 0.519. The van der Waals surface area contributed by atoms with Crippen LogP contribution in [0, 0.1) is 0 Å². The Hall–Kier alpha value is -2.11. The molecule has 1 aromatic rings. The fraction of sp³-hybridized carbons (Fsp3) is 0.200. The van der Waals surface area contributed by atoms with E-state index in [1.165, 1.54) is 31.2 Å². The number of amides is 1. The predicted molar refractivity (Wildman–Crippen MR) is 53.9 cm³/mol. The molecular formula is C10H10FNO4. The predicted octanol–water partition coefficient (Wildman–Crippen LogP) is 1.40. The molecular weight excluding hydrogens is 217 g/mol. The molecule has 0 heterocycles. The Morgan fingerprint density at radius 1 is 1.38 bits per heavy atom. The van der Waals surface area contributed by atoms with Crippen molar-refractivity contribution in [2.24, 2.45) is 0 Å². The summed E-state index contributed by atoms with van der Waals surface area (Å²) >= 11 is 0. The highest BCUT2D eigenvalue weighted by Gasteiger charge is 2.16. The second-order valence-corrected chi connectivity index (χ2v) is 2.98. The number of aliphatic carboxylic acids is 1. The lowest BCUT2D eigenvalue weighted by Crippen LogP contribution is -2.21. The number of carbonyl (C=O) groups excluding carboxylic acids is 1. The first-order valence-electron chi connectivity index (χ1n) is 4.40. The maximum absolute atomic E-state index is 12.6. The van der Waals surface area contributed by atoms with Gasteiger partial charge < -0.3 is 15.2 Å². The van der Waals surface area contributed by atoms with Crippen LogP contribution in [0.15, 0.2) is 24.3 Å². The van der Waals surface area contributed by atoms with Crippen LogP contribution in [0.4, 0.5) is 10.1 Å². The number of nitrogens with one attached hydrogen (secondary N) is 1. The average Bonchev–Trinajstić information content (AvgIpc) is 2.20. The van der Waals surface area contributed by atoms with E-state index in [4.69, 9.17) is 5.11 Å². The molecule has 5 nitrogen and oxygen atoms in total. The third kappa shape index (κ3) is 3.56. The highest BCUT2D eigenvalue weighted by molar-refractivity contribution is 5.88. The number of carboxylic acids is 1. The zero-order chi connectivity index (χ0) is 12.1. The van der Waals surface area contributed by atoms with E-state index in [0.717, 1.165) is 0 Å². The van der Waals surface area contributed by atoms with Crippen molar-refractivity contribution in [2.45, 2.75) is 13.3 Å². The van der Waals surface area contributed by atoms with Gasteiger partial charge in [0.25, 0.3) is 0 Å². The monoisotopic (exact) mass is 227 g/mol. The minimum absolute atomic E-state index is 0.0732. The van der Waals surface area contributed by atoms with Crippen LogP contribution in [0.1, 0.15) is 6.92 Å². The lowest BCUT2D eigenvalue weighted by atomic mass is 10.3. The topological polar surface area (TPSA) is 75.6 Å². The lowest BCUT2D eigenvalue weighted by Gasteiger charge is -2.08. The molecule has 0 aromatic heterocycles. The highest BCUT2D eigenvalue weighted by atomic mass is 19.1. The second-order valence-electron chi connectivity index (χ2n) is 2.98. The molecule has 0 saturated carbocycles. The largest absolute Gasteiger partial charge is 0.476 e. The van der Waals surface area contributed by atoms with E-state index in [9.17, 15) is 14.0 Å². The van der Waals surface area contributed by atoms with Gasteiger partial charge in [-0.15, -0.1) is 0 Å². The standard InChI is InChI=1S/C10H10FNO4/c1-6(13)12-7-2-4-8(5-3-7)16-9(11)10(14)15/h2-5,9H,1H3,(H,12,13)(H,14,15). The smallest absolute Gasteiger partial charge is 0.378 e. The molecule has 1 aromatic carbocycles. The van der Waals surface area contributed by atoms with Gasteiger partial charge in [0.2, 0.25) is 5.91 Å². The normalized spacial score (nSPS) is 11.6. The molecule has 0 saturated heterocycles. The van der Waals surface area contributed by atoms with Gasteiger partial charge in [-0.3, -0.25) is 4.79 Å². The molecule has 1 unspecified atom stereocenters. The van der Waals surface area contributed by atoms with Crippen LogP contribution in [0.2, 0.25) is 0 Å². The summed E-state index contributed by atoms with van der Waals surface area (Å²) in [6.07, 6.45) is -2.40. The number of benzene rings is 1. The zero-order valence-electron chi connectivity index (χ0n) is 8.44. The Kier molecular flexibility index (Phi) is 3.82. The van der Waals surface area contributed by atoms with E-state index in [0.29, 0.717) is 5.69 Å². The molecule has 16 heavy (non-hydrogen) atoms. The summed E-state index contributed by atoms with van der Waals surface area (Å²) in [6, 6.07) is 5.68. The van der Waals surface area contributed by atoms with E-state index in [-0.39, 0.29) is 11.7 Å². The number of alkyl halides is 1. The van der Waals surface area contributed by atoms with Gasteiger partial charge in [0.15, 0.2) is 0 Å². The van der Waals surface area contributed by atoms with Crippen LogP contribution >= 0.6 is 0 Å². The number of carboxylic acid groups (broad SMARTS) is 1. The molecule has 0 radical (unpaired) electrons. The lowest BCUT2D eigenvalue weighted by molar-refractivity contribution is -0.153. The Morgan fingerprint density at radius 3 is 2.38 bits per heavy atom. The van der Waals surface area contributed by atoms with Crippen molar-refractivity contribution in [3.63, 3.8) is 0 Å². The molecule has 1 rings (SSSR count). The Morgan fingerprint density at radius 2 is 1.94 bits per heavy atom. The van der Waals surface area contributed by atoms with Crippen LogP contribution in [0.5, 0.6) is 5.75 Å². The first-order valence-corrected chi connectivity index (χ1v) is 4.40. The fourth-order valence-corrected chi connectivity index (χ4v) is 0.990. The zero-order valence-corrected chi connectivity index (χ0v) is 8.44. The summed E-state index contributed by atoms with van der Waals surface area (Å²) in [4.78, 5) is 20.8. The number of rotatable bonds is 4. The van der Waals surface area contributed by atoms with Crippen LogP contribution < -0.4 is 10.1 Å². The van der Waals surface area contributed by atoms with Gasteiger partial charge in [-0.05, 0) is 24.3 Å². The molecule has 0 bridgehead atoms. The van der Waals surface area contributed by atoms with E-state index < -0.39 is 12.3 Å². The molecule has 1 amide bonds. The molecule has 0 aliphatic carbocycles. The Balaban J connectivity index is 2.64. The Labute approximate surface area is 90.8 Å². The number of halogens is 1. The van der Waals surface area contributed by atoms with Gasteiger partial charge in [0.05, 0.1) is 0 Å². The van der Waals surface area contributed by atoms with Crippen molar-refractivity contribution in [1.82, 2.24) is 0 Å². The average molecular weight is 227 g/mol. The van der Waals surface area contributed by atoms with Crippen molar-refractivity contribution >= 4 is 17.6 Å². The third-order valence-corrected chi connectivity index (χ3v) is 1.61. The molecule has 86 valence electrons. The quantitative estimate of drug-likeness (QED) is 0.815. The molecule has 0 fully saturated rings. The number of ether oxygens (including phenoxy) is 1. The van der Waals surface area contributed by atoms with Gasteiger partial charge in [-0.2, -0.15) is 4.39 Å². The van der Waals surface area contributed by atoms with Crippen molar-refractivity contribution in [3.8, 4) is 5.75 Å². The van der Waals surface area contributed by atoms with Gasteiger partial charge in [-0.1, -0.05) is 0 Å². The number of anilines is 1. The molecule has 1 atom stereocenters. The maximum atomic E-state index is 12.6. The summed E-state index contributed by atoms with van der Waals surface area (Å²) in [5.74, 6) is -1.85. The summed E-state index contributed by atoms with van der Waals surface area (Å²) in [5, 5.41) is 10.8. The summed E-state index contributed by atoms with van der Waals surface area (Å²) < 4.78 is 17.1. The van der Waals surface area contributed by atoms with E-state index >= 15 is 0 Å². The SMILES string of the molecule is CC(=O)Nc1ccc(OC(F)C(=O)O)cc1. The number of hydrogen-bond donors (Lipinski definition) is 2. The molecule has 0 spiro atoms. The van der Waals surface area contributed by atoms with E-state index in [2.05, 4.69) is 10.1 Å². The van der Waals surface area contributed by atoms with Gasteiger partial charge in [0, 0.05) is 12.6 Å². The van der Waals surface area contributed by atoms with Crippen LogP contribution in [0.25, 0.3) is 0 Å². The van der Waals surface area contributed by atoms with Crippen molar-refractivity contribution in [1.29, 1.82) is 0 Å². The number of hydrogen-bond acceptors (Lipinski definition) is 3.